The van der Waals surface area contributed by atoms with E-state index in [4.69, 9.17) is 4.74 Å². The fourth-order valence-corrected chi connectivity index (χ4v) is 8.07. The maximum atomic E-state index is 13.0. The van der Waals surface area contributed by atoms with Crippen molar-refractivity contribution in [2.45, 2.75) is 11.3 Å². The minimum Gasteiger partial charge on any atom is -0.497 e. The van der Waals surface area contributed by atoms with Crippen LogP contribution in [-0.2, 0) is 9.84 Å². The van der Waals surface area contributed by atoms with Gasteiger partial charge in [0.2, 0.25) is 0 Å². The van der Waals surface area contributed by atoms with Gasteiger partial charge in [-0.2, -0.15) is 0 Å². The fourth-order valence-electron chi connectivity index (χ4n) is 4.39. The van der Waals surface area contributed by atoms with Gasteiger partial charge in [0.15, 0.2) is 15.0 Å². The minimum absolute atomic E-state index is 0.00833. The van der Waals surface area contributed by atoms with Crippen LogP contribution in [0.5, 0.6) is 5.75 Å². The van der Waals surface area contributed by atoms with Crippen LogP contribution in [0.2, 0.25) is 0 Å². The number of fused-ring (bicyclic) bond motifs is 1. The highest BCUT2D eigenvalue weighted by Gasteiger charge is 2.42. The van der Waals surface area contributed by atoms with Crippen LogP contribution < -0.4 is 15.0 Å². The highest BCUT2D eigenvalue weighted by molar-refractivity contribution is 8.15. The monoisotopic (exact) mass is 486 g/mol. The molecule has 10 heteroatoms. The number of carbonyl (C=O) groups excluding carboxylic acids is 1. The van der Waals surface area contributed by atoms with Crippen LogP contribution in [0.15, 0.2) is 53.5 Å². The van der Waals surface area contributed by atoms with Gasteiger partial charge < -0.3 is 19.9 Å². The number of thioether (sulfide) groups is 1. The van der Waals surface area contributed by atoms with Crippen LogP contribution >= 0.6 is 11.8 Å². The summed E-state index contributed by atoms with van der Waals surface area (Å²) >= 11 is 1.48. The predicted molar refractivity (Wildman–Crippen MR) is 132 cm³/mol. The maximum Gasteiger partial charge on any atom is 0.253 e. The third kappa shape index (κ3) is 4.81. The lowest BCUT2D eigenvalue weighted by atomic mass is 10.1. The highest BCUT2D eigenvalue weighted by Crippen LogP contribution is 2.34. The van der Waals surface area contributed by atoms with Gasteiger partial charge in [0, 0.05) is 54.4 Å². The molecule has 2 aromatic carbocycles. The molecular formula is C23H26N4O4S2. The van der Waals surface area contributed by atoms with E-state index in [1.54, 1.807) is 7.11 Å². The van der Waals surface area contributed by atoms with E-state index < -0.39 is 9.84 Å². The Morgan fingerprint density at radius 2 is 1.85 bits per heavy atom. The zero-order valence-electron chi connectivity index (χ0n) is 18.3. The number of aliphatic imine (C=N–C) groups is 1. The normalized spacial score (nSPS) is 23.7. The number of hydrogen-bond acceptors (Lipinski definition) is 8. The van der Waals surface area contributed by atoms with Gasteiger partial charge in [-0.15, -0.1) is 0 Å². The molecule has 1 N–H and O–H groups in total. The summed E-state index contributed by atoms with van der Waals surface area (Å²) in [5.41, 5.74) is 2.59. The number of anilines is 2. The first-order valence-electron chi connectivity index (χ1n) is 10.9. The third-order valence-corrected chi connectivity index (χ3v) is 9.33. The Hall–Kier alpha value is -2.72. The number of nitrogens with zero attached hydrogens (tertiary/aromatic N) is 3. The van der Waals surface area contributed by atoms with E-state index in [1.807, 2.05) is 47.4 Å². The van der Waals surface area contributed by atoms with Crippen LogP contribution in [0.3, 0.4) is 0 Å². The Balaban J connectivity index is 1.16. The van der Waals surface area contributed by atoms with Gasteiger partial charge >= 0.3 is 0 Å². The smallest absolute Gasteiger partial charge is 0.253 e. The molecule has 2 aromatic rings. The molecule has 0 bridgehead atoms. The summed E-state index contributed by atoms with van der Waals surface area (Å²) in [6.07, 6.45) is 0. The molecule has 3 heterocycles. The Labute approximate surface area is 197 Å². The number of benzene rings is 2. The zero-order valence-corrected chi connectivity index (χ0v) is 19.9. The molecule has 5 rings (SSSR count). The molecule has 0 aromatic heterocycles. The fraction of sp³-hybridized carbons (Fsp3) is 0.391. The average Bonchev–Trinajstić information content (AvgIpc) is 3.31. The van der Waals surface area contributed by atoms with Crippen LogP contribution in [0, 0.1) is 0 Å². The Bertz CT molecular complexity index is 1180. The molecule has 33 heavy (non-hydrogen) atoms. The Morgan fingerprint density at radius 1 is 1.09 bits per heavy atom. The topological polar surface area (TPSA) is 91.3 Å². The number of methoxy groups -OCH3 is 1. The van der Waals surface area contributed by atoms with E-state index in [9.17, 15) is 13.2 Å². The largest absolute Gasteiger partial charge is 0.497 e. The van der Waals surface area contributed by atoms with E-state index in [0.29, 0.717) is 18.7 Å². The van der Waals surface area contributed by atoms with Crippen molar-refractivity contribution >= 4 is 44.0 Å². The number of nitrogens with one attached hydrogen (secondary N) is 1. The van der Waals surface area contributed by atoms with E-state index in [-0.39, 0.29) is 28.7 Å². The number of ether oxygens (including phenoxy) is 1. The molecule has 3 aliphatic rings. The van der Waals surface area contributed by atoms with E-state index in [0.717, 1.165) is 35.4 Å². The number of amides is 1. The highest BCUT2D eigenvalue weighted by atomic mass is 32.2. The molecule has 0 unspecified atom stereocenters. The average molecular weight is 487 g/mol. The van der Waals surface area contributed by atoms with Gasteiger partial charge in [-0.1, -0.05) is 17.8 Å². The summed E-state index contributed by atoms with van der Waals surface area (Å²) in [4.78, 5) is 21.6. The lowest BCUT2D eigenvalue weighted by molar-refractivity contribution is 0.0747. The number of amidine groups is 1. The summed E-state index contributed by atoms with van der Waals surface area (Å²) in [5.74, 6) is 1.18. The summed E-state index contributed by atoms with van der Waals surface area (Å²) in [7, 11) is -1.30. The molecule has 0 aliphatic carbocycles. The second-order valence-corrected chi connectivity index (χ2v) is 11.8. The van der Waals surface area contributed by atoms with Gasteiger partial charge in [-0.3, -0.25) is 9.79 Å². The van der Waals surface area contributed by atoms with Crippen LogP contribution in [0.4, 0.5) is 11.4 Å². The molecule has 1 amide bonds. The first kappa shape index (κ1) is 22.1. The summed E-state index contributed by atoms with van der Waals surface area (Å²) in [6.45, 7) is 2.87. The van der Waals surface area contributed by atoms with Gasteiger partial charge in [0.05, 0.1) is 24.7 Å². The van der Waals surface area contributed by atoms with Crippen molar-refractivity contribution < 1.29 is 17.9 Å². The van der Waals surface area contributed by atoms with Gasteiger partial charge in [0.1, 0.15) is 5.75 Å². The Morgan fingerprint density at radius 3 is 2.55 bits per heavy atom. The van der Waals surface area contributed by atoms with Crippen LogP contribution in [-0.4, -0.2) is 80.5 Å². The van der Waals surface area contributed by atoms with Gasteiger partial charge in [0.25, 0.3) is 5.91 Å². The lowest BCUT2D eigenvalue weighted by Gasteiger charge is -2.36. The van der Waals surface area contributed by atoms with Gasteiger partial charge in [-0.25, -0.2) is 8.42 Å². The minimum atomic E-state index is -2.96. The van der Waals surface area contributed by atoms with Crippen molar-refractivity contribution in [2.75, 3.05) is 55.0 Å². The standard InChI is InChI=1S/C23H26N4O4S2/c1-31-19-4-2-3-18(13-19)26-9-11-27(12-10-26)22(28)16-5-7-17(8-6-16)24-23-25-20-14-33(29,30)15-21(20)32-23/h2-8,13,20-21H,9-12,14-15H2,1H3,(H,24,25)/t20-,21+/m1/s1. The zero-order chi connectivity index (χ0) is 23.0. The molecule has 0 saturated carbocycles. The van der Waals surface area contributed by atoms with E-state index >= 15 is 0 Å². The molecule has 3 aliphatic heterocycles. The van der Waals surface area contributed by atoms with E-state index in [2.05, 4.69) is 21.3 Å². The van der Waals surface area contributed by atoms with Crippen LogP contribution in [0.25, 0.3) is 0 Å². The number of piperazine rings is 1. The molecule has 8 nitrogen and oxygen atoms in total. The molecule has 2 saturated heterocycles. The van der Waals surface area contributed by atoms with Crippen molar-refractivity contribution in [1.82, 2.24) is 4.90 Å². The number of hydrogen-bond donors (Lipinski definition) is 1. The van der Waals surface area contributed by atoms with Crippen molar-refractivity contribution in [1.29, 1.82) is 0 Å². The summed E-state index contributed by atoms with van der Waals surface area (Å²) < 4.78 is 28.7. The van der Waals surface area contributed by atoms with Crippen LogP contribution in [0.1, 0.15) is 10.4 Å². The number of rotatable bonds is 4. The second kappa shape index (κ2) is 8.90. The summed E-state index contributed by atoms with van der Waals surface area (Å²) in [6, 6.07) is 15.2. The van der Waals surface area contributed by atoms with E-state index in [1.165, 1.54) is 11.8 Å². The quantitative estimate of drug-likeness (QED) is 0.709. The van der Waals surface area contributed by atoms with Crippen molar-refractivity contribution in [3.63, 3.8) is 0 Å². The maximum absolute atomic E-state index is 13.0. The molecular weight excluding hydrogens is 460 g/mol. The SMILES string of the molecule is COc1cccc(N2CCN(C(=O)c3ccc(NC4=N[C@@H]5CS(=O)(=O)C[C@@H]5S4)cc3)CC2)c1. The van der Waals surface area contributed by atoms with Gasteiger partial charge in [-0.05, 0) is 36.4 Å². The molecule has 174 valence electrons. The van der Waals surface area contributed by atoms with Crippen molar-refractivity contribution in [2.24, 2.45) is 4.99 Å². The van der Waals surface area contributed by atoms with Crippen molar-refractivity contribution in [3.8, 4) is 5.75 Å². The summed E-state index contributed by atoms with van der Waals surface area (Å²) in [5, 5.41) is 4.00. The first-order valence-corrected chi connectivity index (χ1v) is 13.6. The second-order valence-electron chi connectivity index (χ2n) is 8.42. The van der Waals surface area contributed by atoms with Crippen molar-refractivity contribution in [3.05, 3.63) is 54.1 Å². The lowest BCUT2D eigenvalue weighted by Crippen LogP contribution is -2.48. The Kier molecular flexibility index (Phi) is 5.96. The molecule has 0 spiro atoms. The third-order valence-electron chi connectivity index (χ3n) is 6.19. The molecule has 2 fully saturated rings. The molecule has 2 atom stereocenters. The number of sulfone groups is 1. The molecule has 0 radical (unpaired) electrons. The first-order chi connectivity index (χ1) is 15.9. The predicted octanol–water partition coefficient (Wildman–Crippen LogP) is 2.34. The number of carbonyl (C=O) groups is 1.